The number of aliphatic hydroxyl groups excluding tert-OH is 1. The van der Waals surface area contributed by atoms with Crippen LogP contribution in [0.25, 0.3) is 0 Å². The van der Waals surface area contributed by atoms with E-state index in [0.29, 0.717) is 12.8 Å². The van der Waals surface area contributed by atoms with Crippen molar-refractivity contribution in [3.05, 3.63) is 23.8 Å². The number of allylic oxidation sites excluding steroid dienone is 4. The maximum atomic E-state index is 14.2. The lowest BCUT2D eigenvalue weighted by Gasteiger charge is -2.59. The Labute approximate surface area is 231 Å². The summed E-state index contributed by atoms with van der Waals surface area (Å²) in [6, 6.07) is 0. The highest BCUT2D eigenvalue weighted by Gasteiger charge is 2.76. The Morgan fingerprint density at radius 3 is 2.62 bits per heavy atom. The Hall–Kier alpha value is -1.83. The molecule has 1 aliphatic heterocycles. The van der Waals surface area contributed by atoms with Gasteiger partial charge in [0.1, 0.15) is 0 Å². The summed E-state index contributed by atoms with van der Waals surface area (Å²) >= 11 is 0. The van der Waals surface area contributed by atoms with Crippen molar-refractivity contribution in [3.63, 3.8) is 0 Å². The molecule has 0 bridgehead atoms. The Morgan fingerprint density at radius 1 is 1.15 bits per heavy atom. The number of carbonyl (C=O) groups excluding carboxylic acids is 3. The number of ketones is 2. The second-order valence-corrected chi connectivity index (χ2v) is 13.9. The third kappa shape index (κ3) is 3.97. The van der Waals surface area contributed by atoms with Crippen LogP contribution in [0.15, 0.2) is 23.8 Å². The van der Waals surface area contributed by atoms with Gasteiger partial charge in [-0.1, -0.05) is 58.6 Å². The maximum Gasteiger partial charge on any atom is 0.308 e. The van der Waals surface area contributed by atoms with Gasteiger partial charge in [-0.3, -0.25) is 14.4 Å². The predicted molar refractivity (Wildman–Crippen MR) is 143 cm³/mol. The average molecular weight is 541 g/mol. The molecular weight excluding hydrogens is 496 g/mol. The molecule has 1 saturated heterocycles. The molecule has 0 aromatic rings. The van der Waals surface area contributed by atoms with E-state index in [-0.39, 0.29) is 53.2 Å². The highest BCUT2D eigenvalue weighted by molar-refractivity contribution is 6.01. The van der Waals surface area contributed by atoms with Crippen LogP contribution in [0, 0.1) is 40.4 Å². The van der Waals surface area contributed by atoms with Crippen LogP contribution in [0.4, 0.5) is 0 Å². The summed E-state index contributed by atoms with van der Waals surface area (Å²) in [4.78, 5) is 38.7. The second-order valence-electron chi connectivity index (χ2n) is 13.9. The molecule has 1 N–H and O–H groups in total. The van der Waals surface area contributed by atoms with Gasteiger partial charge in [0.2, 0.25) is 5.78 Å². The Kier molecular flexibility index (Phi) is 6.75. The highest BCUT2D eigenvalue weighted by atomic mass is 16.7. The average Bonchev–Trinajstić information content (AvgIpc) is 3.41. The van der Waals surface area contributed by atoms with Crippen LogP contribution in [0.2, 0.25) is 0 Å². The van der Waals surface area contributed by atoms with Crippen molar-refractivity contribution >= 4 is 17.5 Å². The maximum absolute atomic E-state index is 14.2. The highest BCUT2D eigenvalue weighted by Crippen LogP contribution is 2.70. The Bertz CT molecular complexity index is 1100. The zero-order chi connectivity index (χ0) is 27.7. The number of esters is 1. The minimum atomic E-state index is -1.25. The first-order valence-electron chi connectivity index (χ1n) is 15.2. The number of rotatable bonds is 5. The van der Waals surface area contributed by atoms with E-state index in [1.165, 1.54) is 6.42 Å². The summed E-state index contributed by atoms with van der Waals surface area (Å²) in [6.07, 6.45) is 12.2. The van der Waals surface area contributed by atoms with Gasteiger partial charge < -0.3 is 19.3 Å². The lowest BCUT2D eigenvalue weighted by atomic mass is 9.46. The van der Waals surface area contributed by atoms with Gasteiger partial charge >= 0.3 is 5.97 Å². The molecule has 0 aromatic carbocycles. The van der Waals surface area contributed by atoms with Gasteiger partial charge in [0.25, 0.3) is 0 Å². The van der Waals surface area contributed by atoms with Crippen LogP contribution in [0.3, 0.4) is 0 Å². The topological polar surface area (TPSA) is 99.1 Å². The van der Waals surface area contributed by atoms with Crippen molar-refractivity contribution in [2.75, 3.05) is 6.61 Å². The van der Waals surface area contributed by atoms with Gasteiger partial charge in [0.05, 0.1) is 18.1 Å². The first-order valence-corrected chi connectivity index (χ1v) is 15.2. The van der Waals surface area contributed by atoms with Crippen LogP contribution in [-0.4, -0.2) is 53.3 Å². The summed E-state index contributed by atoms with van der Waals surface area (Å²) in [5, 5.41) is 11.9. The fourth-order valence-electron chi connectivity index (χ4n) is 9.62. The number of ether oxygens (including phenoxy) is 3. The van der Waals surface area contributed by atoms with Crippen LogP contribution in [-0.2, 0) is 28.6 Å². The number of fused-ring (bicyclic) bond motifs is 7. The van der Waals surface area contributed by atoms with Crippen molar-refractivity contribution in [1.29, 1.82) is 0 Å². The first-order chi connectivity index (χ1) is 18.5. The second kappa shape index (κ2) is 9.63. The monoisotopic (exact) mass is 540 g/mol. The molecule has 7 heteroatoms. The molecule has 6 rings (SSSR count). The molecule has 5 aliphatic carbocycles. The van der Waals surface area contributed by atoms with E-state index in [1.54, 1.807) is 26.0 Å². The van der Waals surface area contributed by atoms with Crippen molar-refractivity contribution in [3.8, 4) is 0 Å². The van der Waals surface area contributed by atoms with E-state index < -0.39 is 35.5 Å². The van der Waals surface area contributed by atoms with E-state index in [0.717, 1.165) is 44.1 Å². The number of Topliss-reactive ketones (excluding diaryl/α,β-unsaturated/α-hetero) is 1. The number of aliphatic hydroxyl groups is 1. The largest absolute Gasteiger partial charge is 0.457 e. The van der Waals surface area contributed by atoms with Crippen LogP contribution in [0.5, 0.6) is 0 Å². The number of hydrogen-bond donors (Lipinski definition) is 1. The van der Waals surface area contributed by atoms with Gasteiger partial charge in [-0.15, -0.1) is 0 Å². The van der Waals surface area contributed by atoms with Crippen LogP contribution in [0.1, 0.15) is 85.5 Å². The molecule has 0 amide bonds. The summed E-state index contributed by atoms with van der Waals surface area (Å²) in [5.74, 6) is -0.471. The van der Waals surface area contributed by atoms with Gasteiger partial charge in [-0.2, -0.15) is 0 Å². The minimum Gasteiger partial charge on any atom is -0.457 e. The quantitative estimate of drug-likeness (QED) is 0.505. The van der Waals surface area contributed by atoms with E-state index in [2.05, 4.69) is 13.8 Å². The summed E-state index contributed by atoms with van der Waals surface area (Å²) in [5.41, 5.74) is -1.19. The van der Waals surface area contributed by atoms with Crippen molar-refractivity contribution in [2.24, 2.45) is 40.4 Å². The molecule has 0 aromatic heterocycles. The fourth-order valence-corrected chi connectivity index (χ4v) is 9.62. The number of hydrogen-bond acceptors (Lipinski definition) is 7. The van der Waals surface area contributed by atoms with Gasteiger partial charge in [0, 0.05) is 22.7 Å². The Morgan fingerprint density at radius 2 is 1.90 bits per heavy atom. The molecule has 1 heterocycles. The SMILES string of the molecule is CC(C)C(=O)OCC(=O)[C@@]12O[C@H](C3CCCCC3)O[C@@H]1C[C@H]1[C@H]3CCC4=CC(=O)C=C[C@]4(C)[C@H]3[C@@H](O)C[C@@]12C. The van der Waals surface area contributed by atoms with E-state index in [4.69, 9.17) is 14.2 Å². The Balaban J connectivity index is 1.35. The molecule has 6 aliphatic rings. The molecule has 214 valence electrons. The molecule has 5 fully saturated rings. The van der Waals surface area contributed by atoms with Crippen molar-refractivity contribution in [1.82, 2.24) is 0 Å². The van der Waals surface area contributed by atoms with Gasteiger partial charge in [-0.05, 0) is 62.5 Å². The van der Waals surface area contributed by atoms with E-state index in [9.17, 15) is 19.5 Å². The van der Waals surface area contributed by atoms with E-state index >= 15 is 0 Å². The predicted octanol–water partition coefficient (Wildman–Crippen LogP) is 4.70. The zero-order valence-electron chi connectivity index (χ0n) is 23.8. The molecule has 0 spiro atoms. The number of carbonyl (C=O) groups is 3. The molecular formula is C32H44O7. The van der Waals surface area contributed by atoms with E-state index in [1.807, 2.05) is 6.08 Å². The lowest BCUT2D eigenvalue weighted by Crippen LogP contribution is -2.63. The van der Waals surface area contributed by atoms with Crippen molar-refractivity contribution in [2.45, 2.75) is 110 Å². The molecule has 39 heavy (non-hydrogen) atoms. The standard InChI is InChI=1S/C32H44O7/c1-18(2)28(36)37-17-25(35)32-26(38-29(39-32)19-8-6-5-7-9-19)15-23-22-11-10-20-14-21(33)12-13-30(20,3)27(22)24(34)16-31(23,32)4/h12-14,18-19,22-24,26-27,29,34H,5-11,15-17H2,1-4H3/t22-,23+,24+,26-,27-,29-,30+,31+,32-/m1/s1. The van der Waals surface area contributed by atoms with Gasteiger partial charge in [0.15, 0.2) is 24.3 Å². The summed E-state index contributed by atoms with van der Waals surface area (Å²) in [7, 11) is 0. The summed E-state index contributed by atoms with van der Waals surface area (Å²) < 4.78 is 19.0. The van der Waals surface area contributed by atoms with Gasteiger partial charge in [-0.25, -0.2) is 0 Å². The van der Waals surface area contributed by atoms with Crippen molar-refractivity contribution < 1.29 is 33.7 Å². The molecule has 9 atom stereocenters. The third-order valence-electron chi connectivity index (χ3n) is 11.5. The zero-order valence-corrected chi connectivity index (χ0v) is 23.8. The fraction of sp³-hybridized carbons (Fsp3) is 0.781. The normalized spacial score (nSPS) is 45.3. The lowest BCUT2D eigenvalue weighted by molar-refractivity contribution is -0.210. The minimum absolute atomic E-state index is 0.0162. The molecule has 0 radical (unpaired) electrons. The van der Waals surface area contributed by atoms with Crippen LogP contribution >= 0.6 is 0 Å². The molecule has 0 unspecified atom stereocenters. The third-order valence-corrected chi connectivity index (χ3v) is 11.5. The summed E-state index contributed by atoms with van der Waals surface area (Å²) in [6.45, 7) is 7.44. The first kappa shape index (κ1) is 27.3. The molecule has 4 saturated carbocycles. The van der Waals surface area contributed by atoms with Crippen LogP contribution < -0.4 is 0 Å². The smallest absolute Gasteiger partial charge is 0.308 e. The molecule has 7 nitrogen and oxygen atoms in total.